The van der Waals surface area contributed by atoms with Crippen LogP contribution in [-0.2, 0) is 14.8 Å². The maximum atomic E-state index is 12.3. The molecule has 1 aromatic heterocycles. The maximum absolute atomic E-state index is 12.3. The monoisotopic (exact) mass is 345 g/mol. The van der Waals surface area contributed by atoms with Gasteiger partial charge in [-0.05, 0) is 24.3 Å². The molecule has 0 aliphatic carbocycles. The predicted molar refractivity (Wildman–Crippen MR) is 80.1 cm³/mol. The van der Waals surface area contributed by atoms with E-state index >= 15 is 0 Å². The average molecular weight is 345 g/mol. The van der Waals surface area contributed by atoms with Crippen molar-refractivity contribution in [3.05, 3.63) is 36.7 Å². The molecule has 2 N–H and O–H groups in total. The van der Waals surface area contributed by atoms with Gasteiger partial charge >= 0.3 is 29.6 Å². The van der Waals surface area contributed by atoms with Gasteiger partial charge in [-0.15, -0.1) is 0 Å². The van der Waals surface area contributed by atoms with Gasteiger partial charge in [-0.3, -0.25) is 9.52 Å². The van der Waals surface area contributed by atoms with Gasteiger partial charge in [0.2, 0.25) is 11.7 Å². The number of anilines is 2. The van der Waals surface area contributed by atoms with Crippen molar-refractivity contribution in [3.8, 4) is 5.88 Å². The summed E-state index contributed by atoms with van der Waals surface area (Å²) in [7, 11) is -2.47. The number of methoxy groups -OCH3 is 1. The van der Waals surface area contributed by atoms with Crippen LogP contribution < -0.4 is 44.3 Å². The van der Waals surface area contributed by atoms with Gasteiger partial charge in [0.05, 0.1) is 12.0 Å². The molecule has 23 heavy (non-hydrogen) atoms. The van der Waals surface area contributed by atoms with E-state index in [1.165, 1.54) is 50.7 Å². The van der Waals surface area contributed by atoms with Crippen molar-refractivity contribution in [2.75, 3.05) is 17.1 Å². The number of rotatable bonds is 5. The summed E-state index contributed by atoms with van der Waals surface area (Å²) in [5, 5.41) is 2.55. The normalized spacial score (nSPS) is 10.3. The number of sulfonamides is 1. The van der Waals surface area contributed by atoms with Crippen LogP contribution in [0.1, 0.15) is 6.92 Å². The molecule has 1 amide bonds. The quantitative estimate of drug-likeness (QED) is 0.622. The molecule has 10 heteroatoms. The van der Waals surface area contributed by atoms with Gasteiger partial charge in [0.15, 0.2) is 0 Å². The fourth-order valence-electron chi connectivity index (χ4n) is 1.65. The van der Waals surface area contributed by atoms with Gasteiger partial charge in [0.25, 0.3) is 15.9 Å². The van der Waals surface area contributed by atoms with E-state index < -0.39 is 10.0 Å². The minimum atomic E-state index is -3.84. The van der Waals surface area contributed by atoms with Crippen LogP contribution >= 0.6 is 0 Å². The van der Waals surface area contributed by atoms with Crippen molar-refractivity contribution in [2.24, 2.45) is 0 Å². The average Bonchev–Trinajstić information content (AvgIpc) is 2.47. The summed E-state index contributed by atoms with van der Waals surface area (Å²) >= 11 is 0. The van der Waals surface area contributed by atoms with Crippen molar-refractivity contribution in [1.82, 2.24) is 9.97 Å². The second kappa shape index (κ2) is 8.25. The number of amides is 1. The van der Waals surface area contributed by atoms with Crippen molar-refractivity contribution < 1.29 is 47.5 Å². The van der Waals surface area contributed by atoms with Gasteiger partial charge in [-0.25, -0.2) is 18.4 Å². The zero-order chi connectivity index (χ0) is 16.2. The van der Waals surface area contributed by atoms with Crippen molar-refractivity contribution >= 4 is 27.4 Å². The number of carbonyl (C=O) groups excluding carboxylic acids is 1. The SMILES string of the molecule is COc1nccnc1NS(=O)(=O)c1ccc(NC(C)=O)cc1.[Na+]. The van der Waals surface area contributed by atoms with Crippen LogP contribution in [0.25, 0.3) is 0 Å². The van der Waals surface area contributed by atoms with E-state index in [1.54, 1.807) is 0 Å². The van der Waals surface area contributed by atoms with E-state index in [-0.39, 0.29) is 52.1 Å². The van der Waals surface area contributed by atoms with Crippen molar-refractivity contribution in [2.45, 2.75) is 11.8 Å². The molecule has 0 aliphatic rings. The number of nitrogens with one attached hydrogen (secondary N) is 2. The zero-order valence-corrected chi connectivity index (χ0v) is 15.7. The van der Waals surface area contributed by atoms with Crippen LogP contribution in [0.3, 0.4) is 0 Å². The number of hydrogen-bond donors (Lipinski definition) is 2. The molecule has 1 aromatic carbocycles. The second-order valence-electron chi connectivity index (χ2n) is 4.23. The molecule has 1 heterocycles. The Bertz CT molecular complexity index is 781. The van der Waals surface area contributed by atoms with E-state index in [0.717, 1.165) is 0 Å². The Morgan fingerprint density at radius 2 is 1.74 bits per heavy atom. The Hall–Kier alpha value is -1.68. The topological polar surface area (TPSA) is 110 Å². The number of benzene rings is 1. The Kier molecular flexibility index (Phi) is 6.95. The number of carbonyl (C=O) groups is 1. The molecule has 2 rings (SSSR count). The van der Waals surface area contributed by atoms with E-state index in [4.69, 9.17) is 4.74 Å². The summed E-state index contributed by atoms with van der Waals surface area (Å²) in [5.41, 5.74) is 0.503. The van der Waals surface area contributed by atoms with Gasteiger partial charge in [-0.2, -0.15) is 0 Å². The molecular formula is C13H14N4NaO4S+. The molecule has 8 nitrogen and oxygen atoms in total. The number of ether oxygens (including phenoxy) is 1. The molecule has 2 aromatic rings. The predicted octanol–water partition coefficient (Wildman–Crippen LogP) is -1.75. The Morgan fingerprint density at radius 1 is 1.13 bits per heavy atom. The van der Waals surface area contributed by atoms with Gasteiger partial charge in [0, 0.05) is 25.0 Å². The van der Waals surface area contributed by atoms with E-state index in [0.29, 0.717) is 5.69 Å². The largest absolute Gasteiger partial charge is 1.00 e. The van der Waals surface area contributed by atoms with Crippen LogP contribution in [0.4, 0.5) is 11.5 Å². The molecule has 0 fully saturated rings. The van der Waals surface area contributed by atoms with Crippen LogP contribution in [0.2, 0.25) is 0 Å². The molecule has 0 spiro atoms. The van der Waals surface area contributed by atoms with Crippen molar-refractivity contribution in [3.63, 3.8) is 0 Å². The summed E-state index contributed by atoms with van der Waals surface area (Å²) in [6.45, 7) is 1.37. The standard InChI is InChI=1S/C13H14N4O4S.Na/c1-9(18)16-10-3-5-11(6-4-10)22(19,20)17-12-13(21-2)15-8-7-14-12;/h3-8H,1-2H3,(H,14,17)(H,16,18);/q;+1. The van der Waals surface area contributed by atoms with E-state index in [2.05, 4.69) is 20.0 Å². The molecule has 0 radical (unpaired) electrons. The summed E-state index contributed by atoms with van der Waals surface area (Å²) < 4.78 is 31.8. The first-order valence-electron chi connectivity index (χ1n) is 6.18. The summed E-state index contributed by atoms with van der Waals surface area (Å²) in [6.07, 6.45) is 2.74. The molecule has 0 saturated heterocycles. The number of hydrogen-bond acceptors (Lipinski definition) is 6. The van der Waals surface area contributed by atoms with E-state index in [9.17, 15) is 13.2 Å². The third-order valence-electron chi connectivity index (χ3n) is 2.57. The molecule has 0 atom stereocenters. The first-order valence-corrected chi connectivity index (χ1v) is 7.66. The molecular weight excluding hydrogens is 331 g/mol. The van der Waals surface area contributed by atoms with E-state index in [1.807, 2.05) is 0 Å². The third-order valence-corrected chi connectivity index (χ3v) is 3.93. The molecule has 116 valence electrons. The van der Waals surface area contributed by atoms with Gasteiger partial charge in [0.1, 0.15) is 0 Å². The van der Waals surface area contributed by atoms with Crippen LogP contribution in [-0.4, -0.2) is 31.4 Å². The van der Waals surface area contributed by atoms with Crippen LogP contribution in [0.15, 0.2) is 41.6 Å². The minimum Gasteiger partial charge on any atom is -0.478 e. The molecule has 0 aliphatic heterocycles. The minimum absolute atomic E-state index is 0. The van der Waals surface area contributed by atoms with Crippen LogP contribution in [0.5, 0.6) is 5.88 Å². The summed E-state index contributed by atoms with van der Waals surface area (Å²) in [5.74, 6) is -0.171. The Balaban J connectivity index is 0.00000264. The second-order valence-corrected chi connectivity index (χ2v) is 5.91. The molecule has 0 unspecified atom stereocenters. The smallest absolute Gasteiger partial charge is 0.478 e. The zero-order valence-electron chi connectivity index (χ0n) is 12.9. The summed E-state index contributed by atoms with van der Waals surface area (Å²) in [6, 6.07) is 5.72. The number of aromatic nitrogens is 2. The first kappa shape index (κ1) is 19.4. The molecule has 0 bridgehead atoms. The summed E-state index contributed by atoms with van der Waals surface area (Å²) in [4.78, 5) is 18.7. The fraction of sp³-hybridized carbons (Fsp3) is 0.154. The van der Waals surface area contributed by atoms with Gasteiger partial charge < -0.3 is 10.1 Å². The van der Waals surface area contributed by atoms with Crippen LogP contribution in [0, 0.1) is 0 Å². The third kappa shape index (κ3) is 5.17. The van der Waals surface area contributed by atoms with Crippen molar-refractivity contribution in [1.29, 1.82) is 0 Å². The first-order chi connectivity index (χ1) is 10.4. The maximum Gasteiger partial charge on any atom is 1.00 e. The fourth-order valence-corrected chi connectivity index (χ4v) is 2.66. The molecule has 0 saturated carbocycles. The number of nitrogens with zero attached hydrogens (tertiary/aromatic N) is 2. The Labute approximate surface area is 156 Å². The van der Waals surface area contributed by atoms with Gasteiger partial charge in [-0.1, -0.05) is 0 Å². The Morgan fingerprint density at radius 3 is 2.30 bits per heavy atom.